The maximum atomic E-state index is 12.1. The lowest BCUT2D eigenvalue weighted by molar-refractivity contribution is -0.124. The van der Waals surface area contributed by atoms with Crippen LogP contribution < -0.4 is 15.5 Å². The highest BCUT2D eigenvalue weighted by Crippen LogP contribution is 2.31. The zero-order chi connectivity index (χ0) is 22.1. The predicted molar refractivity (Wildman–Crippen MR) is 118 cm³/mol. The third kappa shape index (κ3) is 6.20. The molecule has 7 nitrogen and oxygen atoms in total. The van der Waals surface area contributed by atoms with Crippen molar-refractivity contribution in [1.29, 1.82) is 0 Å². The molecule has 0 bridgehead atoms. The third-order valence-corrected chi connectivity index (χ3v) is 4.62. The molecule has 0 aliphatic heterocycles. The first-order chi connectivity index (χ1) is 14.3. The van der Waals surface area contributed by atoms with Crippen LogP contribution in [0.5, 0.6) is 11.5 Å². The number of nitrogens with zero attached hydrogens (tertiary/aromatic N) is 1. The van der Waals surface area contributed by atoms with Gasteiger partial charge in [-0.15, -0.1) is 6.58 Å². The van der Waals surface area contributed by atoms with E-state index in [2.05, 4.69) is 22.4 Å². The van der Waals surface area contributed by atoms with Crippen LogP contribution in [0.15, 0.2) is 48.1 Å². The average molecular weight is 409 g/mol. The number of methoxy groups -OCH3 is 1. The summed E-state index contributed by atoms with van der Waals surface area (Å²) in [6.07, 6.45) is 3.63. The van der Waals surface area contributed by atoms with E-state index in [0.717, 1.165) is 16.8 Å². The Morgan fingerprint density at radius 1 is 1.20 bits per heavy atom. The van der Waals surface area contributed by atoms with Crippen molar-refractivity contribution < 1.29 is 19.4 Å². The first kappa shape index (κ1) is 22.7. The van der Waals surface area contributed by atoms with Gasteiger partial charge in [0.15, 0.2) is 11.5 Å². The average Bonchev–Trinajstić information content (AvgIpc) is 2.72. The van der Waals surface area contributed by atoms with Gasteiger partial charge in [0.2, 0.25) is 11.8 Å². The minimum atomic E-state index is -0.376. The summed E-state index contributed by atoms with van der Waals surface area (Å²) in [7, 11) is 1.46. The maximum absolute atomic E-state index is 12.1. The minimum absolute atomic E-state index is 0.00858. The fraction of sp³-hybridized carbons (Fsp3) is 0.261. The van der Waals surface area contributed by atoms with Crippen molar-refractivity contribution in [1.82, 2.24) is 5.43 Å². The van der Waals surface area contributed by atoms with Gasteiger partial charge in [-0.25, -0.2) is 5.43 Å². The lowest BCUT2D eigenvalue weighted by Gasteiger charge is -2.10. The highest BCUT2D eigenvalue weighted by atomic mass is 16.5. The number of aryl methyl sites for hydroxylation is 1. The zero-order valence-electron chi connectivity index (χ0n) is 17.5. The smallest absolute Gasteiger partial charge is 0.240 e. The first-order valence-electron chi connectivity index (χ1n) is 9.54. The second-order valence-corrected chi connectivity index (χ2v) is 6.81. The lowest BCUT2D eigenvalue weighted by atomic mass is 10.1. The highest BCUT2D eigenvalue weighted by molar-refractivity contribution is 5.94. The Kier molecular flexibility index (Phi) is 8.17. The van der Waals surface area contributed by atoms with Gasteiger partial charge in [0, 0.05) is 24.1 Å². The molecular formula is C23H27N3O4. The van der Waals surface area contributed by atoms with Crippen LogP contribution in [0.25, 0.3) is 0 Å². The summed E-state index contributed by atoms with van der Waals surface area (Å²) >= 11 is 0. The molecule has 2 rings (SSSR count). The Morgan fingerprint density at radius 2 is 1.93 bits per heavy atom. The number of ether oxygens (including phenoxy) is 1. The van der Waals surface area contributed by atoms with E-state index in [1.807, 2.05) is 32.0 Å². The van der Waals surface area contributed by atoms with Crippen LogP contribution in [0.2, 0.25) is 0 Å². The molecule has 0 fully saturated rings. The quantitative estimate of drug-likeness (QED) is 0.335. The number of hydrogen-bond acceptors (Lipinski definition) is 5. The van der Waals surface area contributed by atoms with E-state index >= 15 is 0 Å². The highest BCUT2D eigenvalue weighted by Gasteiger charge is 2.10. The summed E-state index contributed by atoms with van der Waals surface area (Å²) in [6, 6.07) is 9.01. The van der Waals surface area contributed by atoms with Crippen LogP contribution in [0, 0.1) is 13.8 Å². The van der Waals surface area contributed by atoms with E-state index in [1.54, 1.807) is 18.2 Å². The van der Waals surface area contributed by atoms with Gasteiger partial charge in [0.05, 0.1) is 13.3 Å². The molecule has 0 heterocycles. The maximum Gasteiger partial charge on any atom is 0.240 e. The monoisotopic (exact) mass is 409 g/mol. The molecule has 2 aromatic carbocycles. The van der Waals surface area contributed by atoms with Crippen molar-refractivity contribution >= 4 is 23.7 Å². The van der Waals surface area contributed by atoms with E-state index in [4.69, 9.17) is 4.74 Å². The number of hydrogen-bond donors (Lipinski definition) is 3. The van der Waals surface area contributed by atoms with Crippen molar-refractivity contribution in [2.45, 2.75) is 33.1 Å². The Hall–Kier alpha value is -3.61. The van der Waals surface area contributed by atoms with Gasteiger partial charge in [-0.05, 0) is 55.2 Å². The Bertz CT molecular complexity index is 967. The molecular weight excluding hydrogens is 382 g/mol. The third-order valence-electron chi connectivity index (χ3n) is 4.62. The number of anilines is 1. The van der Waals surface area contributed by atoms with Crippen molar-refractivity contribution in [2.75, 3.05) is 12.4 Å². The van der Waals surface area contributed by atoms with Gasteiger partial charge >= 0.3 is 0 Å². The fourth-order valence-corrected chi connectivity index (χ4v) is 2.79. The number of carbonyl (C=O) groups is 2. The van der Waals surface area contributed by atoms with E-state index < -0.39 is 0 Å². The van der Waals surface area contributed by atoms with Crippen molar-refractivity contribution in [3.8, 4) is 11.5 Å². The van der Waals surface area contributed by atoms with E-state index in [1.165, 1.54) is 13.3 Å². The molecule has 0 aliphatic rings. The number of nitrogens with one attached hydrogen (secondary N) is 2. The van der Waals surface area contributed by atoms with Gasteiger partial charge in [-0.2, -0.15) is 5.10 Å². The van der Waals surface area contributed by atoms with Crippen molar-refractivity contribution in [3.05, 3.63) is 65.2 Å². The zero-order valence-corrected chi connectivity index (χ0v) is 17.5. The molecule has 0 aliphatic carbocycles. The number of phenolic OH excluding ortho intramolecular Hbond substituents is 1. The van der Waals surface area contributed by atoms with E-state index in [0.29, 0.717) is 23.3 Å². The van der Waals surface area contributed by atoms with E-state index in [-0.39, 0.29) is 30.4 Å². The molecule has 0 saturated heterocycles. The van der Waals surface area contributed by atoms with Gasteiger partial charge in [-0.3, -0.25) is 9.59 Å². The number of rotatable bonds is 9. The van der Waals surface area contributed by atoms with Crippen molar-refractivity contribution in [3.63, 3.8) is 0 Å². The van der Waals surface area contributed by atoms with Crippen LogP contribution in [0.3, 0.4) is 0 Å². The molecule has 158 valence electrons. The van der Waals surface area contributed by atoms with Crippen molar-refractivity contribution in [2.24, 2.45) is 5.10 Å². The van der Waals surface area contributed by atoms with Crippen LogP contribution in [-0.4, -0.2) is 30.2 Å². The number of aromatic hydroxyl groups is 1. The second-order valence-electron chi connectivity index (χ2n) is 6.81. The Balaban J connectivity index is 1.89. The number of hydrazone groups is 1. The molecule has 3 N–H and O–H groups in total. The normalized spacial score (nSPS) is 10.6. The standard InChI is InChI=1S/C23H27N3O4/c1-5-7-18-12-17(13-20(30-4)23(18)29)14-24-26-22(28)11-10-21(27)25-19-9-6-8-15(2)16(19)3/h5-6,8-9,12-14,29H,1,7,10-11H2,2-4H3,(H,25,27)(H,26,28)/b24-14+. The summed E-state index contributed by atoms with van der Waals surface area (Å²) in [6.45, 7) is 7.57. The fourth-order valence-electron chi connectivity index (χ4n) is 2.79. The molecule has 0 atom stereocenters. The topological polar surface area (TPSA) is 100 Å². The largest absolute Gasteiger partial charge is 0.504 e. The summed E-state index contributed by atoms with van der Waals surface area (Å²) in [4.78, 5) is 24.1. The van der Waals surface area contributed by atoms with E-state index in [9.17, 15) is 14.7 Å². The number of carbonyl (C=O) groups excluding carboxylic acids is 2. The van der Waals surface area contributed by atoms with Crippen LogP contribution >= 0.6 is 0 Å². The minimum Gasteiger partial charge on any atom is -0.504 e. The number of allylic oxidation sites excluding steroid dienone is 1. The summed E-state index contributed by atoms with van der Waals surface area (Å²) in [5.41, 5.74) is 6.52. The molecule has 2 amide bonds. The number of benzene rings is 2. The van der Waals surface area contributed by atoms with Crippen LogP contribution in [0.4, 0.5) is 5.69 Å². The van der Waals surface area contributed by atoms with Crippen LogP contribution in [-0.2, 0) is 16.0 Å². The molecule has 30 heavy (non-hydrogen) atoms. The first-order valence-corrected chi connectivity index (χ1v) is 9.54. The molecule has 0 radical (unpaired) electrons. The Morgan fingerprint density at radius 3 is 2.63 bits per heavy atom. The van der Waals surface area contributed by atoms with Gasteiger partial charge in [0.1, 0.15) is 0 Å². The van der Waals surface area contributed by atoms with Crippen LogP contribution in [0.1, 0.15) is 35.1 Å². The molecule has 2 aromatic rings. The lowest BCUT2D eigenvalue weighted by Crippen LogP contribution is -2.21. The Labute approximate surface area is 176 Å². The van der Waals surface area contributed by atoms with Gasteiger partial charge in [0.25, 0.3) is 0 Å². The predicted octanol–water partition coefficient (Wildman–Crippen LogP) is 3.62. The molecule has 0 aromatic heterocycles. The second kappa shape index (κ2) is 10.8. The molecule has 0 unspecified atom stereocenters. The molecule has 0 spiro atoms. The summed E-state index contributed by atoms with van der Waals surface area (Å²) < 4.78 is 5.15. The molecule has 7 heteroatoms. The summed E-state index contributed by atoms with van der Waals surface area (Å²) in [5.74, 6) is -0.252. The SMILES string of the molecule is C=CCc1cc(/C=N/NC(=O)CCC(=O)Nc2cccc(C)c2C)cc(OC)c1O. The number of phenols is 1. The molecule has 0 saturated carbocycles. The number of amides is 2. The van der Waals surface area contributed by atoms with Gasteiger partial charge < -0.3 is 15.2 Å². The summed E-state index contributed by atoms with van der Waals surface area (Å²) in [5, 5.41) is 16.8. The van der Waals surface area contributed by atoms with Gasteiger partial charge in [-0.1, -0.05) is 18.2 Å².